The number of hydrogen-bond acceptors (Lipinski definition) is 4. The SMILES string of the molecule is CC1=CCCC(COC2=NC=NC3SC4CCCC4=C23)CC1. The Balaban J connectivity index is 1.43. The van der Waals surface area contributed by atoms with E-state index in [9.17, 15) is 0 Å². The zero-order chi connectivity index (χ0) is 14.9. The Hall–Kier alpha value is -1.03. The van der Waals surface area contributed by atoms with Crippen LogP contribution in [0.2, 0.25) is 0 Å². The number of allylic oxidation sites excluding steroid dienone is 2. The topological polar surface area (TPSA) is 34.0 Å². The van der Waals surface area contributed by atoms with Gasteiger partial charge in [-0.05, 0) is 63.4 Å². The Morgan fingerprint density at radius 2 is 2.23 bits per heavy atom. The van der Waals surface area contributed by atoms with E-state index in [0.717, 1.165) is 12.5 Å². The largest absolute Gasteiger partial charge is 0.477 e. The molecule has 118 valence electrons. The predicted molar refractivity (Wildman–Crippen MR) is 93.6 cm³/mol. The first-order valence-electron chi connectivity index (χ1n) is 8.58. The van der Waals surface area contributed by atoms with Crippen molar-refractivity contribution in [1.29, 1.82) is 0 Å². The van der Waals surface area contributed by atoms with E-state index in [1.54, 1.807) is 11.9 Å². The van der Waals surface area contributed by atoms with Crippen LogP contribution >= 0.6 is 11.8 Å². The van der Waals surface area contributed by atoms with Gasteiger partial charge >= 0.3 is 0 Å². The molecule has 4 aliphatic rings. The van der Waals surface area contributed by atoms with Gasteiger partial charge in [0.25, 0.3) is 0 Å². The van der Waals surface area contributed by atoms with Crippen molar-refractivity contribution >= 4 is 24.0 Å². The number of aliphatic imine (C=N–C) groups is 2. The molecule has 22 heavy (non-hydrogen) atoms. The summed E-state index contributed by atoms with van der Waals surface area (Å²) in [5.41, 5.74) is 4.43. The highest BCUT2D eigenvalue weighted by Crippen LogP contribution is 2.49. The van der Waals surface area contributed by atoms with Gasteiger partial charge in [0, 0.05) is 10.8 Å². The lowest BCUT2D eigenvalue weighted by Crippen LogP contribution is -2.22. The van der Waals surface area contributed by atoms with Crippen LogP contribution in [-0.4, -0.2) is 29.5 Å². The molecule has 4 rings (SSSR count). The molecule has 1 fully saturated rings. The second-order valence-electron chi connectivity index (χ2n) is 6.85. The molecule has 0 radical (unpaired) electrons. The second kappa shape index (κ2) is 6.23. The van der Waals surface area contributed by atoms with E-state index in [4.69, 9.17) is 4.74 Å². The van der Waals surface area contributed by atoms with Crippen LogP contribution in [0.3, 0.4) is 0 Å². The van der Waals surface area contributed by atoms with Crippen molar-refractivity contribution in [3.05, 3.63) is 22.8 Å². The summed E-state index contributed by atoms with van der Waals surface area (Å²) in [5, 5.41) is 0.930. The first kappa shape index (κ1) is 14.6. The summed E-state index contributed by atoms with van der Waals surface area (Å²) < 4.78 is 6.20. The lowest BCUT2D eigenvalue weighted by molar-refractivity contribution is 0.223. The van der Waals surface area contributed by atoms with Crippen LogP contribution in [0.25, 0.3) is 0 Å². The molecule has 0 N–H and O–H groups in total. The standard InChI is InChI=1S/C18H24N2OS/c1-12-4-2-5-13(9-8-12)10-21-17-16-14-6-3-7-15(14)22-18(16)20-11-19-17/h4,11,13,15,18H,2-3,5-10H2,1H3. The summed E-state index contributed by atoms with van der Waals surface area (Å²) in [7, 11) is 0. The van der Waals surface area contributed by atoms with Crippen LogP contribution in [0.15, 0.2) is 32.8 Å². The average molecular weight is 316 g/mol. The summed E-state index contributed by atoms with van der Waals surface area (Å²) in [6.07, 6.45) is 12.8. The van der Waals surface area contributed by atoms with Crippen LogP contribution in [0, 0.1) is 5.92 Å². The number of hydrogen-bond donors (Lipinski definition) is 0. The zero-order valence-corrected chi connectivity index (χ0v) is 14.1. The molecule has 0 spiro atoms. The summed E-state index contributed by atoms with van der Waals surface area (Å²) >= 11 is 1.99. The van der Waals surface area contributed by atoms with Gasteiger partial charge in [-0.25, -0.2) is 4.99 Å². The average Bonchev–Trinajstić information content (AvgIpc) is 3.03. The minimum atomic E-state index is 0.255. The molecule has 3 atom stereocenters. The molecule has 4 heteroatoms. The highest BCUT2D eigenvalue weighted by molar-refractivity contribution is 8.01. The zero-order valence-electron chi connectivity index (χ0n) is 13.3. The van der Waals surface area contributed by atoms with Gasteiger partial charge in [-0.15, -0.1) is 11.8 Å². The lowest BCUT2D eigenvalue weighted by atomic mass is 10.0. The van der Waals surface area contributed by atoms with Crippen molar-refractivity contribution in [3.63, 3.8) is 0 Å². The Bertz CT molecular complexity index is 576. The first-order chi connectivity index (χ1) is 10.8. The monoisotopic (exact) mass is 316 g/mol. The molecule has 2 heterocycles. The number of nitrogens with zero attached hydrogens (tertiary/aromatic N) is 2. The number of rotatable bonds is 2. The maximum absolute atomic E-state index is 6.20. The first-order valence-corrected chi connectivity index (χ1v) is 9.52. The fraction of sp³-hybridized carbons (Fsp3) is 0.667. The number of fused-ring (bicyclic) bond motifs is 2. The van der Waals surface area contributed by atoms with Gasteiger partial charge in [-0.1, -0.05) is 11.6 Å². The molecule has 2 aliphatic carbocycles. The minimum Gasteiger partial charge on any atom is -0.477 e. The molecule has 2 aliphatic heterocycles. The van der Waals surface area contributed by atoms with Crippen LogP contribution in [0.1, 0.15) is 51.9 Å². The third-order valence-corrected chi connectivity index (χ3v) is 6.73. The highest BCUT2D eigenvalue weighted by Gasteiger charge is 2.40. The van der Waals surface area contributed by atoms with E-state index >= 15 is 0 Å². The molecule has 0 aromatic carbocycles. The lowest BCUT2D eigenvalue weighted by Gasteiger charge is -2.20. The molecule has 0 aromatic heterocycles. The molecule has 0 amide bonds. The molecule has 0 aromatic rings. The van der Waals surface area contributed by atoms with E-state index in [1.165, 1.54) is 56.1 Å². The maximum Gasteiger partial charge on any atom is 0.221 e. The van der Waals surface area contributed by atoms with Crippen molar-refractivity contribution in [3.8, 4) is 0 Å². The van der Waals surface area contributed by atoms with Crippen LogP contribution in [-0.2, 0) is 4.74 Å². The fourth-order valence-corrected chi connectivity index (χ4v) is 5.48. The van der Waals surface area contributed by atoms with Gasteiger partial charge in [-0.3, -0.25) is 4.99 Å². The van der Waals surface area contributed by atoms with E-state index < -0.39 is 0 Å². The number of ether oxygens (including phenoxy) is 1. The normalized spacial score (nSPS) is 34.0. The Labute approximate surface area is 137 Å². The summed E-state index contributed by atoms with van der Waals surface area (Å²) in [6.45, 7) is 3.06. The minimum absolute atomic E-state index is 0.255. The molecule has 1 saturated carbocycles. The van der Waals surface area contributed by atoms with Crippen molar-refractivity contribution in [1.82, 2.24) is 0 Å². The summed E-state index contributed by atoms with van der Waals surface area (Å²) in [6, 6.07) is 0. The van der Waals surface area contributed by atoms with Gasteiger partial charge in [-0.2, -0.15) is 0 Å². The van der Waals surface area contributed by atoms with Gasteiger partial charge in [0.1, 0.15) is 11.7 Å². The van der Waals surface area contributed by atoms with Crippen LogP contribution in [0.4, 0.5) is 0 Å². The predicted octanol–water partition coefficient (Wildman–Crippen LogP) is 4.50. The third kappa shape index (κ3) is 2.78. The van der Waals surface area contributed by atoms with Gasteiger partial charge in [0.05, 0.1) is 6.61 Å². The van der Waals surface area contributed by atoms with E-state index in [1.807, 2.05) is 11.8 Å². The molecular formula is C18H24N2OS. The maximum atomic E-state index is 6.20. The van der Waals surface area contributed by atoms with Crippen LogP contribution < -0.4 is 0 Å². The molecule has 3 nitrogen and oxygen atoms in total. The smallest absolute Gasteiger partial charge is 0.221 e. The molecular weight excluding hydrogens is 292 g/mol. The van der Waals surface area contributed by atoms with Crippen molar-refractivity contribution in [2.45, 2.75) is 62.5 Å². The van der Waals surface area contributed by atoms with Crippen LogP contribution in [0.5, 0.6) is 0 Å². The Morgan fingerprint density at radius 1 is 1.27 bits per heavy atom. The quantitative estimate of drug-likeness (QED) is 0.703. The molecule has 0 bridgehead atoms. The van der Waals surface area contributed by atoms with E-state index in [-0.39, 0.29) is 5.37 Å². The van der Waals surface area contributed by atoms with Crippen molar-refractivity contribution in [2.75, 3.05) is 6.61 Å². The Morgan fingerprint density at radius 3 is 3.18 bits per heavy atom. The number of thioether (sulfide) groups is 1. The van der Waals surface area contributed by atoms with E-state index in [2.05, 4.69) is 23.0 Å². The summed E-state index contributed by atoms with van der Waals surface area (Å²) in [4.78, 5) is 9.02. The van der Waals surface area contributed by atoms with E-state index in [0.29, 0.717) is 11.2 Å². The van der Waals surface area contributed by atoms with Crippen molar-refractivity contribution < 1.29 is 4.74 Å². The van der Waals surface area contributed by atoms with Crippen molar-refractivity contribution in [2.24, 2.45) is 15.9 Å². The summed E-state index contributed by atoms with van der Waals surface area (Å²) in [5.74, 6) is 1.54. The Kier molecular flexibility index (Phi) is 4.12. The second-order valence-corrected chi connectivity index (χ2v) is 8.14. The van der Waals surface area contributed by atoms with Gasteiger partial charge in [0.2, 0.25) is 5.90 Å². The fourth-order valence-electron chi connectivity index (χ4n) is 3.94. The molecule has 0 saturated heterocycles. The highest BCUT2D eigenvalue weighted by atomic mass is 32.2. The third-order valence-electron chi connectivity index (χ3n) is 5.27. The molecule has 3 unspecified atom stereocenters. The van der Waals surface area contributed by atoms with Gasteiger partial charge in [0.15, 0.2) is 0 Å². The van der Waals surface area contributed by atoms with Gasteiger partial charge < -0.3 is 4.74 Å².